The van der Waals surface area contributed by atoms with Gasteiger partial charge in [-0.2, -0.15) is 0 Å². The van der Waals surface area contributed by atoms with Gasteiger partial charge in [-0.1, -0.05) is 17.3 Å². The molecule has 0 bridgehead atoms. The molecule has 1 aromatic carbocycles. The van der Waals surface area contributed by atoms with Crippen LogP contribution in [-0.2, 0) is 16.8 Å². The van der Waals surface area contributed by atoms with E-state index in [1.165, 1.54) is 0 Å². The number of benzene rings is 1. The van der Waals surface area contributed by atoms with Gasteiger partial charge in [-0.3, -0.25) is 4.79 Å². The summed E-state index contributed by atoms with van der Waals surface area (Å²) in [6.07, 6.45) is 0.0876. The molecule has 0 radical (unpaired) electrons. The van der Waals surface area contributed by atoms with Gasteiger partial charge in [0.05, 0.1) is 13.0 Å². The van der Waals surface area contributed by atoms with Crippen LogP contribution >= 0.6 is 0 Å². The predicted octanol–water partition coefficient (Wildman–Crippen LogP) is 2.30. The van der Waals surface area contributed by atoms with E-state index in [9.17, 15) is 9.90 Å². The zero-order valence-corrected chi connectivity index (χ0v) is 13.0. The monoisotopic (exact) mass is 314 g/mol. The van der Waals surface area contributed by atoms with Gasteiger partial charge in [0, 0.05) is 5.39 Å². The maximum Gasteiger partial charge on any atom is 0.226 e. The summed E-state index contributed by atoms with van der Waals surface area (Å²) >= 11 is 0. The Kier molecular flexibility index (Phi) is 3.92. The Morgan fingerprint density at radius 1 is 1.30 bits per heavy atom. The van der Waals surface area contributed by atoms with E-state index in [0.717, 1.165) is 5.39 Å². The van der Waals surface area contributed by atoms with Crippen LogP contribution in [0.3, 0.4) is 0 Å². The highest BCUT2D eigenvalue weighted by atomic mass is 16.5. The van der Waals surface area contributed by atoms with Crippen molar-refractivity contribution in [2.24, 2.45) is 0 Å². The fourth-order valence-corrected chi connectivity index (χ4v) is 2.36. The molecule has 6 heteroatoms. The third kappa shape index (κ3) is 3.27. The molecule has 6 nitrogen and oxygen atoms in total. The van der Waals surface area contributed by atoms with Crippen molar-refractivity contribution in [2.45, 2.75) is 25.9 Å². The Balaban J connectivity index is 1.63. The molecule has 0 unspecified atom stereocenters. The first-order valence-electron chi connectivity index (χ1n) is 7.35. The summed E-state index contributed by atoms with van der Waals surface area (Å²) < 4.78 is 10.6. The van der Waals surface area contributed by atoms with Crippen molar-refractivity contribution >= 4 is 16.9 Å². The van der Waals surface area contributed by atoms with Crippen LogP contribution in [0, 0.1) is 6.92 Å². The van der Waals surface area contributed by atoms with Crippen LogP contribution in [-0.4, -0.2) is 22.7 Å². The minimum Gasteiger partial charge on any atom is -0.463 e. The number of rotatable bonds is 5. The van der Waals surface area contributed by atoms with Gasteiger partial charge in [0.2, 0.25) is 5.91 Å². The lowest BCUT2D eigenvalue weighted by molar-refractivity contribution is -0.121. The van der Waals surface area contributed by atoms with Crippen molar-refractivity contribution < 1.29 is 18.8 Å². The van der Waals surface area contributed by atoms with Crippen molar-refractivity contribution in [1.29, 1.82) is 0 Å². The zero-order chi connectivity index (χ0) is 16.4. The topological polar surface area (TPSA) is 88.5 Å². The van der Waals surface area contributed by atoms with E-state index in [1.54, 1.807) is 32.0 Å². The molecule has 0 aliphatic carbocycles. The van der Waals surface area contributed by atoms with Crippen LogP contribution in [0.1, 0.15) is 24.1 Å². The number of hydrogen-bond acceptors (Lipinski definition) is 5. The molecular formula is C17H18N2O4. The van der Waals surface area contributed by atoms with Gasteiger partial charge in [0.25, 0.3) is 0 Å². The van der Waals surface area contributed by atoms with Gasteiger partial charge in [-0.05, 0) is 38.1 Å². The molecule has 120 valence electrons. The Hall–Kier alpha value is -2.60. The van der Waals surface area contributed by atoms with E-state index in [4.69, 9.17) is 8.94 Å². The number of fused-ring (bicyclic) bond motifs is 1. The van der Waals surface area contributed by atoms with Crippen LogP contribution in [0.4, 0.5) is 0 Å². The molecule has 23 heavy (non-hydrogen) atoms. The van der Waals surface area contributed by atoms with E-state index >= 15 is 0 Å². The van der Waals surface area contributed by atoms with Gasteiger partial charge in [-0.15, -0.1) is 0 Å². The molecule has 0 fully saturated rings. The van der Waals surface area contributed by atoms with Crippen molar-refractivity contribution in [3.8, 4) is 0 Å². The zero-order valence-electron chi connectivity index (χ0n) is 13.0. The highest BCUT2D eigenvalue weighted by Gasteiger charge is 2.27. The van der Waals surface area contributed by atoms with E-state index in [1.807, 2.05) is 18.2 Å². The molecule has 2 aromatic heterocycles. The first kappa shape index (κ1) is 15.3. The number of para-hydroxylation sites is 1. The first-order chi connectivity index (χ1) is 11.0. The maximum atomic E-state index is 12.1. The molecule has 0 saturated heterocycles. The fraction of sp³-hybridized carbons (Fsp3) is 0.294. The van der Waals surface area contributed by atoms with Crippen LogP contribution in [0.5, 0.6) is 0 Å². The van der Waals surface area contributed by atoms with Crippen molar-refractivity contribution in [2.75, 3.05) is 6.54 Å². The molecular weight excluding hydrogens is 296 g/mol. The number of amides is 1. The van der Waals surface area contributed by atoms with Crippen molar-refractivity contribution in [1.82, 2.24) is 10.5 Å². The van der Waals surface area contributed by atoms with E-state index in [2.05, 4.69) is 10.5 Å². The van der Waals surface area contributed by atoms with Gasteiger partial charge >= 0.3 is 0 Å². The molecule has 2 N–H and O–H groups in total. The summed E-state index contributed by atoms with van der Waals surface area (Å²) in [4.78, 5) is 12.1. The van der Waals surface area contributed by atoms with Crippen LogP contribution in [0.25, 0.3) is 11.0 Å². The summed E-state index contributed by atoms with van der Waals surface area (Å²) in [7, 11) is 0. The molecule has 1 atom stereocenters. The third-order valence-corrected chi connectivity index (χ3v) is 3.68. The lowest BCUT2D eigenvalue weighted by atomic mass is 10.0. The molecule has 0 saturated carbocycles. The van der Waals surface area contributed by atoms with Crippen LogP contribution in [0.2, 0.25) is 0 Å². The lowest BCUT2D eigenvalue weighted by Gasteiger charge is -2.21. The Morgan fingerprint density at radius 3 is 2.83 bits per heavy atom. The number of aryl methyl sites for hydroxylation is 1. The minimum atomic E-state index is -1.27. The van der Waals surface area contributed by atoms with E-state index in [0.29, 0.717) is 22.8 Å². The van der Waals surface area contributed by atoms with Gasteiger partial charge in [-0.25, -0.2) is 0 Å². The normalized spacial score (nSPS) is 13.9. The quantitative estimate of drug-likeness (QED) is 0.754. The predicted molar refractivity (Wildman–Crippen MR) is 83.7 cm³/mol. The largest absolute Gasteiger partial charge is 0.463 e. The number of furan rings is 1. The molecule has 1 amide bonds. The summed E-state index contributed by atoms with van der Waals surface area (Å²) in [5.74, 6) is 0.885. The number of carbonyl (C=O) groups excluding carboxylic acids is 1. The van der Waals surface area contributed by atoms with Crippen molar-refractivity contribution in [3.05, 3.63) is 53.6 Å². The molecule has 3 rings (SSSR count). The smallest absolute Gasteiger partial charge is 0.226 e. The van der Waals surface area contributed by atoms with Gasteiger partial charge in [0.1, 0.15) is 22.8 Å². The van der Waals surface area contributed by atoms with E-state index < -0.39 is 5.60 Å². The fourth-order valence-electron chi connectivity index (χ4n) is 2.36. The Bertz CT molecular complexity index is 832. The molecule has 2 heterocycles. The molecule has 0 aliphatic rings. The van der Waals surface area contributed by atoms with Gasteiger partial charge < -0.3 is 19.4 Å². The lowest BCUT2D eigenvalue weighted by Crippen LogP contribution is -2.39. The summed E-state index contributed by atoms with van der Waals surface area (Å²) in [6, 6.07) is 10.8. The Labute approximate surface area is 133 Å². The number of carbonyl (C=O) groups is 1. The molecule has 0 aliphatic heterocycles. The summed E-state index contributed by atoms with van der Waals surface area (Å²) in [5.41, 5.74) is -0.0459. The Morgan fingerprint density at radius 2 is 2.09 bits per heavy atom. The first-order valence-corrected chi connectivity index (χ1v) is 7.35. The minimum absolute atomic E-state index is 0.0502. The number of hydrogen-bond donors (Lipinski definition) is 2. The summed E-state index contributed by atoms with van der Waals surface area (Å²) in [6.45, 7) is 3.44. The second-order valence-corrected chi connectivity index (χ2v) is 5.76. The van der Waals surface area contributed by atoms with Gasteiger partial charge in [0.15, 0.2) is 5.58 Å². The van der Waals surface area contributed by atoms with E-state index in [-0.39, 0.29) is 18.9 Å². The standard InChI is InChI=1S/C17H18N2O4/c1-11-7-8-15(22-11)17(2,21)10-18-16(20)9-13-12-5-3-4-6-14(12)23-19-13/h3-8,21H,9-10H2,1-2H3,(H,18,20)/t17-/m1/s1. The number of nitrogens with zero attached hydrogens (tertiary/aromatic N) is 1. The second-order valence-electron chi connectivity index (χ2n) is 5.76. The highest BCUT2D eigenvalue weighted by molar-refractivity contribution is 5.86. The number of nitrogens with one attached hydrogen (secondary N) is 1. The maximum absolute atomic E-state index is 12.1. The molecule has 0 spiro atoms. The molecule has 3 aromatic rings. The van der Waals surface area contributed by atoms with Crippen molar-refractivity contribution in [3.63, 3.8) is 0 Å². The summed E-state index contributed by atoms with van der Waals surface area (Å²) in [5, 5.41) is 17.8. The number of aliphatic hydroxyl groups is 1. The van der Waals surface area contributed by atoms with Crippen LogP contribution in [0.15, 0.2) is 45.3 Å². The average Bonchev–Trinajstić information content (AvgIpc) is 3.13. The van der Waals surface area contributed by atoms with Crippen LogP contribution < -0.4 is 5.32 Å². The average molecular weight is 314 g/mol. The third-order valence-electron chi connectivity index (χ3n) is 3.68. The highest BCUT2D eigenvalue weighted by Crippen LogP contribution is 2.22. The second kappa shape index (κ2) is 5.89. The SMILES string of the molecule is Cc1ccc([C@](C)(O)CNC(=O)Cc2noc3ccccc23)o1. The number of aromatic nitrogens is 1.